The molecule has 3 aromatic rings. The van der Waals surface area contributed by atoms with E-state index in [2.05, 4.69) is 15.6 Å². The molecule has 2 aromatic carbocycles. The van der Waals surface area contributed by atoms with Gasteiger partial charge in [0.05, 0.1) is 23.3 Å². The van der Waals surface area contributed by atoms with Gasteiger partial charge in [-0.2, -0.15) is 0 Å². The standard InChI is InChI=1S/C20H17ClFN3O2/c1-11-16(21)4-3-5-17(11)25-19(26)10-23-20(27)15-8-13-6-7-14(22)9-18(13)24-12(15)2/h3-9H,10H2,1-2H3,(H,23,27)(H,25,26). The summed E-state index contributed by atoms with van der Waals surface area (Å²) in [5.41, 5.74) is 2.60. The van der Waals surface area contributed by atoms with Gasteiger partial charge < -0.3 is 10.6 Å². The molecule has 0 radical (unpaired) electrons. The lowest BCUT2D eigenvalue weighted by Gasteiger charge is -2.11. The number of hydrogen-bond donors (Lipinski definition) is 2. The number of benzene rings is 2. The Bertz CT molecular complexity index is 1050. The van der Waals surface area contributed by atoms with Crippen LogP contribution in [0.1, 0.15) is 21.6 Å². The quantitative estimate of drug-likeness (QED) is 0.712. The van der Waals surface area contributed by atoms with E-state index < -0.39 is 5.91 Å². The second-order valence-corrected chi connectivity index (χ2v) is 6.51. The Morgan fingerprint density at radius 1 is 1.15 bits per heavy atom. The van der Waals surface area contributed by atoms with Crippen LogP contribution in [0.15, 0.2) is 42.5 Å². The molecule has 27 heavy (non-hydrogen) atoms. The minimum atomic E-state index is -0.427. The van der Waals surface area contributed by atoms with E-state index in [0.717, 1.165) is 5.56 Å². The van der Waals surface area contributed by atoms with Gasteiger partial charge in [-0.15, -0.1) is 0 Å². The average molecular weight is 386 g/mol. The molecule has 0 fully saturated rings. The van der Waals surface area contributed by atoms with Crippen molar-refractivity contribution in [1.82, 2.24) is 10.3 Å². The molecule has 0 unspecified atom stereocenters. The van der Waals surface area contributed by atoms with Crippen molar-refractivity contribution in [2.24, 2.45) is 0 Å². The van der Waals surface area contributed by atoms with Gasteiger partial charge in [0, 0.05) is 22.2 Å². The summed E-state index contributed by atoms with van der Waals surface area (Å²) in [6.45, 7) is 3.25. The summed E-state index contributed by atoms with van der Waals surface area (Å²) >= 11 is 6.03. The van der Waals surface area contributed by atoms with Crippen LogP contribution in [-0.2, 0) is 4.79 Å². The van der Waals surface area contributed by atoms with Gasteiger partial charge in [-0.3, -0.25) is 14.6 Å². The average Bonchev–Trinajstić information content (AvgIpc) is 2.63. The smallest absolute Gasteiger partial charge is 0.253 e. The van der Waals surface area contributed by atoms with Crippen LogP contribution < -0.4 is 10.6 Å². The minimum absolute atomic E-state index is 0.203. The molecule has 0 spiro atoms. The van der Waals surface area contributed by atoms with E-state index in [1.54, 1.807) is 44.2 Å². The molecule has 3 rings (SSSR count). The van der Waals surface area contributed by atoms with Gasteiger partial charge in [0.2, 0.25) is 5.91 Å². The number of rotatable bonds is 4. The second kappa shape index (κ2) is 7.72. The maximum Gasteiger partial charge on any atom is 0.253 e. The van der Waals surface area contributed by atoms with Gasteiger partial charge in [-0.1, -0.05) is 17.7 Å². The molecule has 2 amide bonds. The largest absolute Gasteiger partial charge is 0.343 e. The third kappa shape index (κ3) is 4.23. The number of fused-ring (bicyclic) bond motifs is 1. The summed E-state index contributed by atoms with van der Waals surface area (Å²) in [6, 6.07) is 11.0. The first-order valence-corrected chi connectivity index (χ1v) is 8.63. The number of anilines is 1. The fourth-order valence-corrected chi connectivity index (χ4v) is 2.83. The second-order valence-electron chi connectivity index (χ2n) is 6.10. The van der Waals surface area contributed by atoms with Crippen LogP contribution >= 0.6 is 11.6 Å². The van der Waals surface area contributed by atoms with Crippen LogP contribution in [0.4, 0.5) is 10.1 Å². The normalized spacial score (nSPS) is 10.7. The number of carbonyl (C=O) groups excluding carboxylic acids is 2. The summed E-state index contributed by atoms with van der Waals surface area (Å²) in [4.78, 5) is 28.8. The van der Waals surface area contributed by atoms with Crippen LogP contribution in [0, 0.1) is 19.7 Å². The van der Waals surface area contributed by atoms with Crippen molar-refractivity contribution in [1.29, 1.82) is 0 Å². The molecule has 0 atom stereocenters. The van der Waals surface area contributed by atoms with Crippen LogP contribution in [-0.4, -0.2) is 23.3 Å². The first kappa shape index (κ1) is 18.8. The van der Waals surface area contributed by atoms with Crippen molar-refractivity contribution in [3.8, 4) is 0 Å². The van der Waals surface area contributed by atoms with E-state index in [1.165, 1.54) is 12.1 Å². The fraction of sp³-hybridized carbons (Fsp3) is 0.150. The van der Waals surface area contributed by atoms with Crippen molar-refractivity contribution >= 4 is 40.0 Å². The molecule has 0 aliphatic heterocycles. The van der Waals surface area contributed by atoms with Gasteiger partial charge in [0.15, 0.2) is 0 Å². The molecular weight excluding hydrogens is 369 g/mol. The third-order valence-corrected chi connectivity index (χ3v) is 4.58. The van der Waals surface area contributed by atoms with Crippen molar-refractivity contribution < 1.29 is 14.0 Å². The molecule has 1 heterocycles. The lowest BCUT2D eigenvalue weighted by Crippen LogP contribution is -2.33. The summed E-state index contributed by atoms with van der Waals surface area (Å²) in [5.74, 6) is -1.19. The zero-order valence-corrected chi connectivity index (χ0v) is 15.5. The lowest BCUT2D eigenvalue weighted by molar-refractivity contribution is -0.115. The van der Waals surface area contributed by atoms with E-state index in [4.69, 9.17) is 11.6 Å². The number of hydrogen-bond acceptors (Lipinski definition) is 3. The highest BCUT2D eigenvalue weighted by Gasteiger charge is 2.14. The van der Waals surface area contributed by atoms with E-state index in [-0.39, 0.29) is 18.3 Å². The van der Waals surface area contributed by atoms with Crippen molar-refractivity contribution in [2.75, 3.05) is 11.9 Å². The summed E-state index contributed by atoms with van der Waals surface area (Å²) < 4.78 is 13.3. The predicted octanol–water partition coefficient (Wildman–Crippen LogP) is 4.01. The molecule has 0 aliphatic rings. The first-order valence-electron chi connectivity index (χ1n) is 8.25. The Balaban J connectivity index is 1.69. The number of aryl methyl sites for hydroxylation is 1. The highest BCUT2D eigenvalue weighted by molar-refractivity contribution is 6.31. The fourth-order valence-electron chi connectivity index (χ4n) is 2.66. The van der Waals surface area contributed by atoms with Gasteiger partial charge in [-0.05, 0) is 49.7 Å². The Kier molecular flexibility index (Phi) is 5.37. The van der Waals surface area contributed by atoms with Crippen LogP contribution in [0.2, 0.25) is 5.02 Å². The van der Waals surface area contributed by atoms with E-state index in [9.17, 15) is 14.0 Å². The molecule has 0 saturated carbocycles. The number of nitrogens with zero attached hydrogens (tertiary/aromatic N) is 1. The van der Waals surface area contributed by atoms with E-state index in [0.29, 0.717) is 32.9 Å². The van der Waals surface area contributed by atoms with Gasteiger partial charge in [0.25, 0.3) is 5.91 Å². The van der Waals surface area contributed by atoms with Crippen LogP contribution in [0.25, 0.3) is 10.9 Å². The lowest BCUT2D eigenvalue weighted by atomic mass is 10.1. The molecule has 7 heteroatoms. The molecule has 0 saturated heterocycles. The van der Waals surface area contributed by atoms with Gasteiger partial charge in [-0.25, -0.2) is 4.39 Å². The molecule has 138 valence electrons. The molecule has 0 aliphatic carbocycles. The third-order valence-electron chi connectivity index (χ3n) is 4.17. The van der Waals surface area contributed by atoms with Crippen LogP contribution in [0.5, 0.6) is 0 Å². The summed E-state index contributed by atoms with van der Waals surface area (Å²) in [5, 5.41) is 6.48. The monoisotopic (exact) mass is 385 g/mol. The molecular formula is C20H17ClFN3O2. The topological polar surface area (TPSA) is 71.1 Å². The number of pyridine rings is 1. The molecule has 2 N–H and O–H groups in total. The van der Waals surface area contributed by atoms with Crippen LogP contribution in [0.3, 0.4) is 0 Å². The summed E-state index contributed by atoms with van der Waals surface area (Å²) in [7, 11) is 0. The number of carbonyl (C=O) groups is 2. The number of amides is 2. The number of aromatic nitrogens is 1. The minimum Gasteiger partial charge on any atom is -0.343 e. The van der Waals surface area contributed by atoms with Gasteiger partial charge >= 0.3 is 0 Å². The van der Waals surface area contributed by atoms with Gasteiger partial charge in [0.1, 0.15) is 5.82 Å². The molecule has 0 bridgehead atoms. The maximum atomic E-state index is 13.3. The Morgan fingerprint density at radius 2 is 1.93 bits per heavy atom. The highest BCUT2D eigenvalue weighted by Crippen LogP contribution is 2.22. The number of nitrogens with one attached hydrogen (secondary N) is 2. The first-order chi connectivity index (χ1) is 12.8. The zero-order chi connectivity index (χ0) is 19.6. The Morgan fingerprint density at radius 3 is 2.70 bits per heavy atom. The van der Waals surface area contributed by atoms with Crippen molar-refractivity contribution in [3.63, 3.8) is 0 Å². The van der Waals surface area contributed by atoms with Crippen molar-refractivity contribution in [3.05, 3.63) is 70.1 Å². The Labute approximate surface area is 160 Å². The summed E-state index contributed by atoms with van der Waals surface area (Å²) in [6.07, 6.45) is 0. The zero-order valence-electron chi connectivity index (χ0n) is 14.8. The maximum absolute atomic E-state index is 13.3. The Hall–Kier alpha value is -2.99. The highest BCUT2D eigenvalue weighted by atomic mass is 35.5. The van der Waals surface area contributed by atoms with E-state index >= 15 is 0 Å². The molecule has 5 nitrogen and oxygen atoms in total. The predicted molar refractivity (Wildman–Crippen MR) is 104 cm³/mol. The SMILES string of the molecule is Cc1nc2cc(F)ccc2cc1C(=O)NCC(=O)Nc1cccc(Cl)c1C. The van der Waals surface area contributed by atoms with E-state index in [1.807, 2.05) is 0 Å². The number of halogens is 2. The van der Waals surface area contributed by atoms with Crippen molar-refractivity contribution in [2.45, 2.75) is 13.8 Å². The molecule has 1 aromatic heterocycles.